The number of aromatic nitrogens is 1. The van der Waals surface area contributed by atoms with Crippen LogP contribution in [0.3, 0.4) is 0 Å². The van der Waals surface area contributed by atoms with Crippen LogP contribution in [0.25, 0.3) is 0 Å². The fraction of sp³-hybridized carbons (Fsp3) is 0. The van der Waals surface area contributed by atoms with Crippen molar-refractivity contribution in [2.75, 3.05) is 5.32 Å². The molecule has 102 valence electrons. The van der Waals surface area contributed by atoms with Gasteiger partial charge in [-0.05, 0) is 46.3 Å². The monoisotopic (exact) mass is 353 g/mol. The molecule has 0 aliphatic carbocycles. The van der Waals surface area contributed by atoms with Gasteiger partial charge in [0.15, 0.2) is 0 Å². The molecule has 1 aromatic carbocycles. The molecule has 3 N–H and O–H groups in total. The summed E-state index contributed by atoms with van der Waals surface area (Å²) in [5.74, 6) is -0.983. The van der Waals surface area contributed by atoms with E-state index in [2.05, 4.69) is 26.2 Å². The van der Waals surface area contributed by atoms with Gasteiger partial charge in [-0.15, -0.1) is 0 Å². The number of anilines is 1. The third-order valence-corrected chi connectivity index (χ3v) is 3.24. The molecule has 7 heteroatoms. The molecule has 0 atom stereocenters. The van der Waals surface area contributed by atoms with Crippen LogP contribution in [0, 0.1) is 0 Å². The summed E-state index contributed by atoms with van der Waals surface area (Å²) in [6, 6.07) is 7.67. The molecule has 5 nitrogen and oxygen atoms in total. The molecule has 0 aliphatic heterocycles. The molecular weight excluding hydrogens is 346 g/mol. The third-order valence-electron chi connectivity index (χ3n) is 2.48. The Hall–Kier alpha value is -1.92. The Morgan fingerprint density at radius 3 is 2.65 bits per heavy atom. The smallest absolute Gasteiger partial charge is 0.255 e. The van der Waals surface area contributed by atoms with Crippen LogP contribution in [0.15, 0.2) is 41.1 Å². The van der Waals surface area contributed by atoms with E-state index in [4.69, 9.17) is 17.3 Å². The highest BCUT2D eigenvalue weighted by Gasteiger charge is 2.11. The normalized spacial score (nSPS) is 10.1. The molecule has 20 heavy (non-hydrogen) atoms. The van der Waals surface area contributed by atoms with Crippen LogP contribution in [0.5, 0.6) is 0 Å². The standard InChI is InChI=1S/C13H9BrClN3O2/c14-11-5-7(3-4-17-11)13(20)18-8-1-2-10(15)9(6-8)12(16)19/h1-6H,(H2,16,19)(H,18,20). The summed E-state index contributed by atoms with van der Waals surface area (Å²) < 4.78 is 0.555. The van der Waals surface area contributed by atoms with Gasteiger partial charge in [-0.1, -0.05) is 11.6 Å². The summed E-state index contributed by atoms with van der Waals surface area (Å²) in [5, 5.41) is 2.89. The lowest BCUT2D eigenvalue weighted by Crippen LogP contribution is -2.15. The maximum absolute atomic E-state index is 12.0. The molecule has 0 unspecified atom stereocenters. The molecule has 2 amide bonds. The zero-order valence-corrected chi connectivity index (χ0v) is 12.4. The van der Waals surface area contributed by atoms with Gasteiger partial charge in [-0.2, -0.15) is 0 Å². The van der Waals surface area contributed by atoms with Crippen LogP contribution in [-0.2, 0) is 0 Å². The van der Waals surface area contributed by atoms with Gasteiger partial charge in [0, 0.05) is 17.4 Å². The van der Waals surface area contributed by atoms with E-state index in [0.29, 0.717) is 15.9 Å². The molecule has 2 aromatic rings. The van der Waals surface area contributed by atoms with Gasteiger partial charge in [0.1, 0.15) is 4.60 Å². The van der Waals surface area contributed by atoms with Crippen molar-refractivity contribution in [3.05, 3.63) is 57.3 Å². The molecular formula is C13H9BrClN3O2. The molecule has 0 fully saturated rings. The lowest BCUT2D eigenvalue weighted by atomic mass is 10.2. The number of pyridine rings is 1. The largest absolute Gasteiger partial charge is 0.366 e. The summed E-state index contributed by atoms with van der Waals surface area (Å²) in [4.78, 5) is 27.1. The summed E-state index contributed by atoms with van der Waals surface area (Å²) in [7, 11) is 0. The van der Waals surface area contributed by atoms with Crippen molar-refractivity contribution in [3.63, 3.8) is 0 Å². The highest BCUT2D eigenvalue weighted by molar-refractivity contribution is 9.10. The van der Waals surface area contributed by atoms with Crippen LogP contribution < -0.4 is 11.1 Å². The average Bonchev–Trinajstić information content (AvgIpc) is 2.40. The van der Waals surface area contributed by atoms with Crippen molar-refractivity contribution in [2.45, 2.75) is 0 Å². The number of carbonyl (C=O) groups excluding carboxylic acids is 2. The summed E-state index contributed by atoms with van der Waals surface area (Å²) in [5.41, 5.74) is 6.21. The minimum Gasteiger partial charge on any atom is -0.366 e. The van der Waals surface area contributed by atoms with Crippen LogP contribution in [0.4, 0.5) is 5.69 Å². The molecule has 0 aliphatic rings. The van der Waals surface area contributed by atoms with Crippen molar-refractivity contribution < 1.29 is 9.59 Å². The number of nitrogens with one attached hydrogen (secondary N) is 1. The van der Waals surface area contributed by atoms with E-state index in [1.165, 1.54) is 18.3 Å². The van der Waals surface area contributed by atoms with Crippen molar-refractivity contribution in [2.24, 2.45) is 5.73 Å². The Labute approximate surface area is 128 Å². The first-order valence-corrected chi connectivity index (χ1v) is 6.67. The Morgan fingerprint density at radius 2 is 2.00 bits per heavy atom. The third kappa shape index (κ3) is 3.34. The van der Waals surface area contributed by atoms with E-state index >= 15 is 0 Å². The fourth-order valence-corrected chi connectivity index (χ4v) is 2.11. The zero-order valence-electron chi connectivity index (χ0n) is 10.1. The maximum Gasteiger partial charge on any atom is 0.255 e. The predicted octanol–water partition coefficient (Wildman–Crippen LogP) is 2.85. The summed E-state index contributed by atoms with van der Waals surface area (Å²) >= 11 is 9.02. The van der Waals surface area contributed by atoms with Crippen molar-refractivity contribution in [1.82, 2.24) is 4.98 Å². The van der Waals surface area contributed by atoms with E-state index in [9.17, 15) is 9.59 Å². The lowest BCUT2D eigenvalue weighted by molar-refractivity contribution is 0.0996. The maximum atomic E-state index is 12.0. The highest BCUT2D eigenvalue weighted by Crippen LogP contribution is 2.21. The second-order valence-corrected chi connectivity index (χ2v) is 5.10. The van der Waals surface area contributed by atoms with Crippen molar-refractivity contribution in [1.29, 1.82) is 0 Å². The molecule has 0 spiro atoms. The Kier molecular flexibility index (Phi) is 4.36. The Bertz CT molecular complexity index is 691. The van der Waals surface area contributed by atoms with E-state index in [-0.39, 0.29) is 16.5 Å². The highest BCUT2D eigenvalue weighted by atomic mass is 79.9. The Morgan fingerprint density at radius 1 is 1.25 bits per heavy atom. The molecule has 0 saturated carbocycles. The van der Waals surface area contributed by atoms with Crippen LogP contribution in [0.1, 0.15) is 20.7 Å². The number of benzene rings is 1. The minimum atomic E-state index is -0.655. The van der Waals surface area contributed by atoms with Crippen LogP contribution >= 0.6 is 27.5 Å². The van der Waals surface area contributed by atoms with E-state index in [1.54, 1.807) is 18.2 Å². The molecule has 1 heterocycles. The zero-order chi connectivity index (χ0) is 14.7. The second kappa shape index (κ2) is 6.02. The quantitative estimate of drug-likeness (QED) is 0.831. The fourth-order valence-electron chi connectivity index (χ4n) is 1.54. The number of hydrogen-bond acceptors (Lipinski definition) is 3. The second-order valence-electron chi connectivity index (χ2n) is 3.88. The number of nitrogens with two attached hydrogens (primary N) is 1. The SMILES string of the molecule is NC(=O)c1cc(NC(=O)c2ccnc(Br)c2)ccc1Cl. The van der Waals surface area contributed by atoms with E-state index in [0.717, 1.165) is 0 Å². The number of halogens is 2. The number of primary amides is 1. The topological polar surface area (TPSA) is 85.1 Å². The first kappa shape index (κ1) is 14.5. The van der Waals surface area contributed by atoms with Gasteiger partial charge in [0.2, 0.25) is 5.91 Å². The summed E-state index contributed by atoms with van der Waals surface area (Å²) in [6.45, 7) is 0. The first-order valence-electron chi connectivity index (χ1n) is 5.49. The van der Waals surface area contributed by atoms with Gasteiger partial charge < -0.3 is 11.1 Å². The van der Waals surface area contributed by atoms with Gasteiger partial charge in [-0.25, -0.2) is 4.98 Å². The molecule has 0 saturated heterocycles. The van der Waals surface area contributed by atoms with Crippen LogP contribution in [0.2, 0.25) is 5.02 Å². The van der Waals surface area contributed by atoms with Crippen molar-refractivity contribution in [3.8, 4) is 0 Å². The first-order chi connectivity index (χ1) is 9.47. The predicted molar refractivity (Wildman–Crippen MR) is 79.9 cm³/mol. The minimum absolute atomic E-state index is 0.153. The number of rotatable bonds is 3. The van der Waals surface area contributed by atoms with Gasteiger partial charge in [0.25, 0.3) is 5.91 Å². The number of nitrogens with zero attached hydrogens (tertiary/aromatic N) is 1. The van der Waals surface area contributed by atoms with Crippen molar-refractivity contribution >= 4 is 45.0 Å². The van der Waals surface area contributed by atoms with Gasteiger partial charge in [0.05, 0.1) is 10.6 Å². The van der Waals surface area contributed by atoms with Gasteiger partial charge in [-0.3, -0.25) is 9.59 Å². The molecule has 0 radical (unpaired) electrons. The number of amides is 2. The lowest BCUT2D eigenvalue weighted by Gasteiger charge is -2.07. The number of hydrogen-bond donors (Lipinski definition) is 2. The van der Waals surface area contributed by atoms with Gasteiger partial charge >= 0.3 is 0 Å². The van der Waals surface area contributed by atoms with E-state index in [1.807, 2.05) is 0 Å². The van der Waals surface area contributed by atoms with Crippen LogP contribution in [-0.4, -0.2) is 16.8 Å². The molecule has 0 bridgehead atoms. The van der Waals surface area contributed by atoms with E-state index < -0.39 is 5.91 Å². The number of carbonyl (C=O) groups is 2. The molecule has 2 rings (SSSR count). The average molecular weight is 355 g/mol. The molecule has 1 aromatic heterocycles. The Balaban J connectivity index is 2.24. The summed E-state index contributed by atoms with van der Waals surface area (Å²) in [6.07, 6.45) is 1.51.